The van der Waals surface area contributed by atoms with Crippen LogP contribution in [0.2, 0.25) is 0 Å². The van der Waals surface area contributed by atoms with Gasteiger partial charge < -0.3 is 13.3 Å². The molecule has 1 unspecified atom stereocenters. The van der Waals surface area contributed by atoms with Crippen molar-refractivity contribution in [2.45, 2.75) is 40.0 Å². The third-order valence-electron chi connectivity index (χ3n) is 4.03. The topological polar surface area (TPSA) is 27.7 Å². The van der Waals surface area contributed by atoms with Crippen molar-refractivity contribution in [1.82, 2.24) is 0 Å². The fourth-order valence-corrected chi connectivity index (χ4v) is 4.62. The van der Waals surface area contributed by atoms with Crippen molar-refractivity contribution in [2.24, 2.45) is 11.8 Å². The highest BCUT2D eigenvalue weighted by atomic mass is 28.4. The number of hydrogen-bond acceptors (Lipinski definition) is 3. The molecule has 0 radical (unpaired) electrons. The minimum absolute atomic E-state index is 0.586. The Morgan fingerprint density at radius 2 is 1.33 bits per heavy atom. The molecule has 3 nitrogen and oxygen atoms in total. The van der Waals surface area contributed by atoms with Gasteiger partial charge in [0.15, 0.2) is 0 Å². The van der Waals surface area contributed by atoms with Crippen LogP contribution in [0, 0.1) is 11.8 Å². The lowest BCUT2D eigenvalue weighted by Crippen LogP contribution is -2.54. The molecule has 0 aliphatic rings. The van der Waals surface area contributed by atoms with E-state index < -0.39 is 8.80 Å². The van der Waals surface area contributed by atoms with E-state index in [4.69, 9.17) is 13.3 Å². The zero-order valence-corrected chi connectivity index (χ0v) is 15.5. The molecule has 0 aliphatic carbocycles. The van der Waals surface area contributed by atoms with Gasteiger partial charge in [0.2, 0.25) is 0 Å². The summed E-state index contributed by atoms with van der Waals surface area (Å²) in [7, 11) is 2.21. The molecule has 0 aromatic heterocycles. The maximum atomic E-state index is 5.53. The van der Waals surface area contributed by atoms with Gasteiger partial charge >= 0.3 is 8.80 Å². The molecule has 1 atom stereocenters. The van der Waals surface area contributed by atoms with Gasteiger partial charge in [-0.05, 0) is 29.7 Å². The van der Waals surface area contributed by atoms with Gasteiger partial charge in [-0.2, -0.15) is 0 Å². The Hall–Kier alpha value is -0.683. The SMILES string of the molecule is CO[Si](OC)(OC)c1ccc(C(CC(C)C)C(C)C)cc1. The molecule has 1 aromatic carbocycles. The lowest BCUT2D eigenvalue weighted by molar-refractivity contribution is 0.140. The summed E-state index contributed by atoms with van der Waals surface area (Å²) in [5.41, 5.74) is 1.38. The van der Waals surface area contributed by atoms with E-state index in [0.29, 0.717) is 17.8 Å². The van der Waals surface area contributed by atoms with Gasteiger partial charge in [0, 0.05) is 26.5 Å². The quantitative estimate of drug-likeness (QED) is 0.687. The molecule has 0 spiro atoms. The Labute approximate surface area is 131 Å². The van der Waals surface area contributed by atoms with Crippen LogP contribution in [0.5, 0.6) is 0 Å². The molecule has 0 N–H and O–H groups in total. The van der Waals surface area contributed by atoms with Crippen molar-refractivity contribution < 1.29 is 13.3 Å². The second kappa shape index (κ2) is 8.08. The lowest BCUT2D eigenvalue weighted by atomic mass is 9.82. The standard InChI is InChI=1S/C17H30O3Si/c1-13(2)12-17(14(3)4)15-8-10-16(11-9-15)21(18-5,19-6)20-7/h8-11,13-14,17H,12H2,1-7H3. The number of rotatable bonds is 8. The first-order valence-corrected chi connectivity index (χ1v) is 9.38. The monoisotopic (exact) mass is 310 g/mol. The summed E-state index contributed by atoms with van der Waals surface area (Å²) in [5, 5.41) is 1.01. The molecule has 0 saturated heterocycles. The average Bonchev–Trinajstić information content (AvgIpc) is 2.47. The molecule has 0 amide bonds. The summed E-state index contributed by atoms with van der Waals surface area (Å²) in [4.78, 5) is 0. The second-order valence-electron chi connectivity index (χ2n) is 6.27. The molecule has 120 valence electrons. The molecular weight excluding hydrogens is 280 g/mol. The lowest BCUT2D eigenvalue weighted by Gasteiger charge is -2.26. The Morgan fingerprint density at radius 3 is 1.67 bits per heavy atom. The summed E-state index contributed by atoms with van der Waals surface area (Å²) in [6.07, 6.45) is 1.21. The molecule has 0 bridgehead atoms. The van der Waals surface area contributed by atoms with Gasteiger partial charge in [0.1, 0.15) is 0 Å². The largest absolute Gasteiger partial charge is 0.536 e. The molecule has 1 rings (SSSR count). The van der Waals surface area contributed by atoms with E-state index in [9.17, 15) is 0 Å². The maximum absolute atomic E-state index is 5.53. The predicted molar refractivity (Wildman–Crippen MR) is 89.9 cm³/mol. The second-order valence-corrected chi connectivity index (χ2v) is 9.19. The molecule has 0 saturated carbocycles. The van der Waals surface area contributed by atoms with E-state index in [2.05, 4.69) is 52.0 Å². The van der Waals surface area contributed by atoms with E-state index in [0.717, 1.165) is 5.19 Å². The van der Waals surface area contributed by atoms with Crippen LogP contribution in [0.15, 0.2) is 24.3 Å². The van der Waals surface area contributed by atoms with E-state index in [1.54, 1.807) is 21.3 Å². The Kier molecular flexibility index (Phi) is 7.07. The highest BCUT2D eigenvalue weighted by Crippen LogP contribution is 2.30. The first-order chi connectivity index (χ1) is 9.90. The zero-order valence-electron chi connectivity index (χ0n) is 14.5. The number of hydrogen-bond donors (Lipinski definition) is 0. The van der Waals surface area contributed by atoms with Gasteiger partial charge in [-0.3, -0.25) is 0 Å². The van der Waals surface area contributed by atoms with Crippen molar-refractivity contribution in [3.63, 3.8) is 0 Å². The third-order valence-corrected chi connectivity index (χ3v) is 6.68. The minimum Gasteiger partial charge on any atom is -0.373 e. The van der Waals surface area contributed by atoms with Crippen LogP contribution in [0.1, 0.15) is 45.6 Å². The van der Waals surface area contributed by atoms with Crippen LogP contribution in [0.4, 0.5) is 0 Å². The van der Waals surface area contributed by atoms with Crippen molar-refractivity contribution in [3.05, 3.63) is 29.8 Å². The summed E-state index contributed by atoms with van der Waals surface area (Å²) < 4.78 is 16.6. The van der Waals surface area contributed by atoms with Crippen LogP contribution in [0.3, 0.4) is 0 Å². The summed E-state index contributed by atoms with van der Waals surface area (Å²) >= 11 is 0. The maximum Gasteiger partial charge on any atom is 0.536 e. The van der Waals surface area contributed by atoms with Gasteiger partial charge in [0.25, 0.3) is 0 Å². The molecule has 21 heavy (non-hydrogen) atoms. The van der Waals surface area contributed by atoms with Crippen LogP contribution >= 0.6 is 0 Å². The van der Waals surface area contributed by atoms with Crippen LogP contribution < -0.4 is 5.19 Å². The van der Waals surface area contributed by atoms with E-state index in [1.165, 1.54) is 12.0 Å². The summed E-state index contributed by atoms with van der Waals surface area (Å²) in [5.74, 6) is 1.91. The highest BCUT2D eigenvalue weighted by Gasteiger charge is 2.40. The molecule has 0 fully saturated rings. The third kappa shape index (κ3) is 4.39. The van der Waals surface area contributed by atoms with Gasteiger partial charge in [-0.1, -0.05) is 52.0 Å². The fraction of sp³-hybridized carbons (Fsp3) is 0.647. The molecule has 4 heteroatoms. The fourth-order valence-electron chi connectivity index (χ4n) is 2.84. The van der Waals surface area contributed by atoms with Crippen molar-refractivity contribution in [2.75, 3.05) is 21.3 Å². The van der Waals surface area contributed by atoms with E-state index in [1.807, 2.05) is 0 Å². The van der Waals surface area contributed by atoms with Gasteiger partial charge in [0.05, 0.1) is 0 Å². The van der Waals surface area contributed by atoms with Crippen LogP contribution in [0.25, 0.3) is 0 Å². The van der Waals surface area contributed by atoms with Gasteiger partial charge in [-0.25, -0.2) is 0 Å². The van der Waals surface area contributed by atoms with Crippen LogP contribution in [-0.4, -0.2) is 30.1 Å². The summed E-state index contributed by atoms with van der Waals surface area (Å²) in [6.45, 7) is 9.14. The minimum atomic E-state index is -2.71. The van der Waals surface area contributed by atoms with E-state index >= 15 is 0 Å². The van der Waals surface area contributed by atoms with Crippen molar-refractivity contribution >= 4 is 14.0 Å². The van der Waals surface area contributed by atoms with Crippen molar-refractivity contribution in [3.8, 4) is 0 Å². The molecule has 1 aromatic rings. The molecule has 0 aliphatic heterocycles. The summed E-state index contributed by atoms with van der Waals surface area (Å²) in [6, 6.07) is 8.57. The van der Waals surface area contributed by atoms with E-state index in [-0.39, 0.29) is 0 Å². The van der Waals surface area contributed by atoms with Gasteiger partial charge in [-0.15, -0.1) is 0 Å². The first kappa shape index (κ1) is 18.4. The average molecular weight is 311 g/mol. The highest BCUT2D eigenvalue weighted by molar-refractivity contribution is 6.75. The Morgan fingerprint density at radius 1 is 0.857 bits per heavy atom. The first-order valence-electron chi connectivity index (χ1n) is 7.66. The molecule has 0 heterocycles. The Bertz CT molecular complexity index is 402. The predicted octanol–water partition coefficient (Wildman–Crippen LogP) is 3.56. The Balaban J connectivity index is 3.04. The van der Waals surface area contributed by atoms with Crippen LogP contribution in [-0.2, 0) is 13.3 Å². The molecular formula is C17H30O3Si. The smallest absolute Gasteiger partial charge is 0.373 e. The number of benzene rings is 1. The van der Waals surface area contributed by atoms with Crippen molar-refractivity contribution in [1.29, 1.82) is 0 Å². The normalized spacial score (nSPS) is 14.0. The zero-order chi connectivity index (χ0) is 16.0.